The highest BCUT2D eigenvalue weighted by Crippen LogP contribution is 2.34. The highest BCUT2D eigenvalue weighted by Gasteiger charge is 2.21. The molecule has 0 saturated carbocycles. The van der Waals surface area contributed by atoms with Crippen LogP contribution in [0.1, 0.15) is 24.0 Å². The van der Waals surface area contributed by atoms with Crippen molar-refractivity contribution in [1.82, 2.24) is 14.9 Å². The van der Waals surface area contributed by atoms with Crippen molar-refractivity contribution in [2.45, 2.75) is 19.3 Å². The smallest absolute Gasteiger partial charge is 0.228 e. The molecule has 0 unspecified atom stereocenters. The highest BCUT2D eigenvalue weighted by atomic mass is 16.5. The van der Waals surface area contributed by atoms with E-state index < -0.39 is 0 Å². The van der Waals surface area contributed by atoms with E-state index in [0.717, 1.165) is 59.1 Å². The molecule has 7 nitrogen and oxygen atoms in total. The molecule has 0 bridgehead atoms. The Morgan fingerprint density at radius 3 is 2.76 bits per heavy atom. The summed E-state index contributed by atoms with van der Waals surface area (Å²) in [6.07, 6.45) is 4.45. The second-order valence-corrected chi connectivity index (χ2v) is 8.19. The fourth-order valence-corrected chi connectivity index (χ4v) is 4.12. The average molecular weight is 440 g/mol. The van der Waals surface area contributed by atoms with Gasteiger partial charge in [-0.05, 0) is 68.4 Å². The Balaban J connectivity index is 1.45. The third-order valence-electron chi connectivity index (χ3n) is 5.84. The van der Waals surface area contributed by atoms with Crippen molar-refractivity contribution in [2.24, 2.45) is 0 Å². The topological polar surface area (TPSA) is 79.4 Å². The van der Waals surface area contributed by atoms with Gasteiger partial charge in [0, 0.05) is 28.6 Å². The number of carbonyl (C=O) groups excluding carboxylic acids is 1. The molecular weight excluding hydrogens is 414 g/mol. The summed E-state index contributed by atoms with van der Waals surface area (Å²) in [6, 6.07) is 13.4. The fourth-order valence-electron chi connectivity index (χ4n) is 4.12. The minimum atomic E-state index is -0.0812. The Kier molecular flexibility index (Phi) is 5.92. The number of methoxy groups -OCH3 is 1. The number of hydrogen-bond acceptors (Lipinski definition) is 6. The van der Waals surface area contributed by atoms with Gasteiger partial charge in [0.2, 0.25) is 11.9 Å². The highest BCUT2D eigenvalue weighted by molar-refractivity contribution is 6.00. The second-order valence-electron chi connectivity index (χ2n) is 8.19. The van der Waals surface area contributed by atoms with Gasteiger partial charge in [0.25, 0.3) is 0 Å². The van der Waals surface area contributed by atoms with Crippen LogP contribution < -0.4 is 15.4 Å². The monoisotopic (exact) mass is 439 g/mol. The third-order valence-corrected chi connectivity index (χ3v) is 5.84. The van der Waals surface area contributed by atoms with E-state index in [2.05, 4.69) is 32.4 Å². The molecule has 3 aromatic rings. The summed E-state index contributed by atoms with van der Waals surface area (Å²) in [5, 5.41) is 6.21. The Hall–Kier alpha value is -3.89. The van der Waals surface area contributed by atoms with Crippen molar-refractivity contribution >= 4 is 23.2 Å². The number of nitrogens with zero attached hydrogens (tertiary/aromatic N) is 3. The largest absolute Gasteiger partial charge is 0.497 e. The van der Waals surface area contributed by atoms with Gasteiger partial charge in [-0.1, -0.05) is 11.8 Å². The number of rotatable bonds is 4. The van der Waals surface area contributed by atoms with Crippen LogP contribution >= 0.6 is 0 Å². The lowest BCUT2D eigenvalue weighted by Gasteiger charge is -2.11. The molecule has 166 valence electrons. The maximum absolute atomic E-state index is 12.4. The molecule has 0 aliphatic carbocycles. The van der Waals surface area contributed by atoms with Crippen LogP contribution in [0.15, 0.2) is 48.7 Å². The average Bonchev–Trinajstić information content (AvgIpc) is 3.30. The molecule has 2 aromatic carbocycles. The summed E-state index contributed by atoms with van der Waals surface area (Å²) >= 11 is 0. The van der Waals surface area contributed by atoms with Gasteiger partial charge >= 0.3 is 0 Å². The summed E-state index contributed by atoms with van der Waals surface area (Å²) in [6.45, 7) is 3.03. The molecule has 0 spiro atoms. The Bertz CT molecular complexity index is 1240. The van der Waals surface area contributed by atoms with Crippen LogP contribution in [0.3, 0.4) is 0 Å². The maximum Gasteiger partial charge on any atom is 0.228 e. The Labute approximate surface area is 193 Å². The van der Waals surface area contributed by atoms with Gasteiger partial charge in [-0.3, -0.25) is 9.69 Å². The van der Waals surface area contributed by atoms with E-state index in [-0.39, 0.29) is 12.3 Å². The SMILES string of the molecule is COc1ccc(Nc2ncc3c(n2)-c2cc(C#CCN4CCCC4)ccc2NC(=O)C3)cc1. The van der Waals surface area contributed by atoms with E-state index in [4.69, 9.17) is 9.72 Å². The number of ether oxygens (including phenoxy) is 1. The molecular formula is C26H25N5O2. The lowest BCUT2D eigenvalue weighted by Crippen LogP contribution is -2.18. The zero-order chi connectivity index (χ0) is 22.6. The zero-order valence-electron chi connectivity index (χ0n) is 18.5. The van der Waals surface area contributed by atoms with Crippen LogP contribution in [-0.4, -0.2) is 47.5 Å². The van der Waals surface area contributed by atoms with Crippen LogP contribution in [-0.2, 0) is 11.2 Å². The molecule has 2 N–H and O–H groups in total. The van der Waals surface area contributed by atoms with Crippen molar-refractivity contribution in [3.8, 4) is 28.8 Å². The van der Waals surface area contributed by atoms with E-state index in [0.29, 0.717) is 5.95 Å². The molecule has 7 heteroatoms. The number of benzene rings is 2. The first-order valence-corrected chi connectivity index (χ1v) is 11.1. The number of nitrogens with one attached hydrogen (secondary N) is 2. The summed E-state index contributed by atoms with van der Waals surface area (Å²) < 4.78 is 5.21. The van der Waals surface area contributed by atoms with Crippen LogP contribution in [0.25, 0.3) is 11.3 Å². The number of likely N-dealkylation sites (tertiary alicyclic amines) is 1. The standard InChI is InChI=1S/C26H25N5O2/c1-33-21-9-7-20(8-10-21)28-26-27-17-19-16-24(32)29-23-11-6-18(15-22(23)25(19)30-26)5-4-14-31-12-2-3-13-31/h6-11,15,17H,2-3,12-14,16H2,1H3,(H,29,32)(H,27,28,30). The number of anilines is 3. The third kappa shape index (κ3) is 4.81. The van der Waals surface area contributed by atoms with Crippen molar-refractivity contribution in [3.63, 3.8) is 0 Å². The van der Waals surface area contributed by atoms with Crippen LogP contribution in [0.5, 0.6) is 5.75 Å². The molecule has 5 rings (SSSR count). The number of hydrogen-bond donors (Lipinski definition) is 2. The zero-order valence-corrected chi connectivity index (χ0v) is 18.5. The van der Waals surface area contributed by atoms with Crippen molar-refractivity contribution in [1.29, 1.82) is 0 Å². The van der Waals surface area contributed by atoms with E-state index in [1.807, 2.05) is 42.5 Å². The molecule has 0 atom stereocenters. The number of carbonyl (C=O) groups is 1. The molecule has 33 heavy (non-hydrogen) atoms. The van der Waals surface area contributed by atoms with E-state index in [1.54, 1.807) is 13.3 Å². The second kappa shape index (κ2) is 9.31. The molecule has 3 heterocycles. The number of aromatic nitrogens is 2. The first kappa shape index (κ1) is 21.0. The van der Waals surface area contributed by atoms with Crippen molar-refractivity contribution in [2.75, 3.05) is 37.4 Å². The van der Waals surface area contributed by atoms with E-state index in [9.17, 15) is 4.79 Å². The molecule has 2 aliphatic rings. The Morgan fingerprint density at radius 1 is 1.15 bits per heavy atom. The minimum absolute atomic E-state index is 0.0812. The van der Waals surface area contributed by atoms with E-state index >= 15 is 0 Å². The lowest BCUT2D eigenvalue weighted by atomic mass is 10.0. The first-order valence-electron chi connectivity index (χ1n) is 11.1. The van der Waals surface area contributed by atoms with Gasteiger partial charge in [-0.15, -0.1) is 0 Å². The fraction of sp³-hybridized carbons (Fsp3) is 0.269. The summed E-state index contributed by atoms with van der Waals surface area (Å²) in [5.41, 5.74) is 4.85. The quantitative estimate of drug-likeness (QED) is 0.602. The number of fused-ring (bicyclic) bond motifs is 3. The van der Waals surface area contributed by atoms with E-state index in [1.165, 1.54) is 12.8 Å². The van der Waals surface area contributed by atoms with Crippen molar-refractivity contribution < 1.29 is 9.53 Å². The molecule has 1 amide bonds. The van der Waals surface area contributed by atoms with Gasteiger partial charge < -0.3 is 15.4 Å². The van der Waals surface area contributed by atoms with Gasteiger partial charge in [0.1, 0.15) is 5.75 Å². The van der Waals surface area contributed by atoms with Gasteiger partial charge in [-0.2, -0.15) is 0 Å². The molecule has 1 fully saturated rings. The van der Waals surface area contributed by atoms with Gasteiger partial charge in [0.15, 0.2) is 0 Å². The van der Waals surface area contributed by atoms with Crippen LogP contribution in [0, 0.1) is 11.8 Å². The summed E-state index contributed by atoms with van der Waals surface area (Å²) in [4.78, 5) is 24.0. The minimum Gasteiger partial charge on any atom is -0.497 e. The normalized spacial score (nSPS) is 14.9. The molecule has 1 aromatic heterocycles. The number of amides is 1. The van der Waals surface area contributed by atoms with Crippen LogP contribution in [0.2, 0.25) is 0 Å². The Morgan fingerprint density at radius 2 is 1.97 bits per heavy atom. The molecule has 1 saturated heterocycles. The predicted molar refractivity (Wildman–Crippen MR) is 129 cm³/mol. The van der Waals surface area contributed by atoms with Gasteiger partial charge in [-0.25, -0.2) is 9.97 Å². The van der Waals surface area contributed by atoms with Gasteiger partial charge in [0.05, 0.1) is 31.5 Å². The lowest BCUT2D eigenvalue weighted by molar-refractivity contribution is -0.115. The first-order chi connectivity index (χ1) is 16.2. The molecule has 2 aliphatic heterocycles. The summed E-state index contributed by atoms with van der Waals surface area (Å²) in [7, 11) is 1.63. The van der Waals surface area contributed by atoms with Crippen LogP contribution in [0.4, 0.5) is 17.3 Å². The van der Waals surface area contributed by atoms with Crippen molar-refractivity contribution in [3.05, 3.63) is 59.8 Å². The molecule has 0 radical (unpaired) electrons. The predicted octanol–water partition coefficient (Wildman–Crippen LogP) is 3.84. The maximum atomic E-state index is 12.4. The summed E-state index contributed by atoms with van der Waals surface area (Å²) in [5.74, 6) is 7.72.